The van der Waals surface area contributed by atoms with Gasteiger partial charge >= 0.3 is 0 Å². The van der Waals surface area contributed by atoms with Gasteiger partial charge in [0.15, 0.2) is 11.5 Å². The van der Waals surface area contributed by atoms with E-state index in [1.807, 2.05) is 30.3 Å². The van der Waals surface area contributed by atoms with E-state index in [2.05, 4.69) is 17.0 Å². The van der Waals surface area contributed by atoms with E-state index < -0.39 is 0 Å². The first-order valence-electron chi connectivity index (χ1n) is 10.1. The van der Waals surface area contributed by atoms with Gasteiger partial charge in [-0.15, -0.1) is 0 Å². The summed E-state index contributed by atoms with van der Waals surface area (Å²) >= 11 is 0. The highest BCUT2D eigenvalue weighted by Crippen LogP contribution is 2.41. The van der Waals surface area contributed by atoms with E-state index in [1.54, 1.807) is 27.4 Å². The second-order valence-electron chi connectivity index (χ2n) is 7.31. The van der Waals surface area contributed by atoms with Crippen molar-refractivity contribution in [2.45, 2.75) is 18.9 Å². The van der Waals surface area contributed by atoms with Crippen molar-refractivity contribution in [3.63, 3.8) is 0 Å². The van der Waals surface area contributed by atoms with Crippen LogP contribution in [0, 0.1) is 0 Å². The summed E-state index contributed by atoms with van der Waals surface area (Å²) in [5.41, 5.74) is 1.15. The number of nitrogens with zero attached hydrogens (tertiary/aromatic N) is 1. The third-order valence-electron chi connectivity index (χ3n) is 5.60. The lowest BCUT2D eigenvalue weighted by molar-refractivity contribution is 0.169. The molecule has 1 N–H and O–H groups in total. The second-order valence-corrected chi connectivity index (χ2v) is 7.31. The summed E-state index contributed by atoms with van der Waals surface area (Å²) in [5.74, 6) is 2.74. The predicted molar refractivity (Wildman–Crippen MR) is 118 cm³/mol. The number of fused-ring (bicyclic) bond motifs is 1. The van der Waals surface area contributed by atoms with Crippen LogP contribution in [-0.4, -0.2) is 45.6 Å². The minimum Gasteiger partial charge on any atom is -0.507 e. The number of piperidine rings is 1. The van der Waals surface area contributed by atoms with Crippen LogP contribution in [0.2, 0.25) is 0 Å². The smallest absolute Gasteiger partial charge is 0.203 e. The average molecular weight is 409 g/mol. The fraction of sp³-hybridized carbons (Fsp3) is 0.333. The van der Waals surface area contributed by atoms with E-state index in [0.717, 1.165) is 42.4 Å². The van der Waals surface area contributed by atoms with E-state index in [-0.39, 0.29) is 6.10 Å². The standard InChI is InChI=1S/C24H27NO5/c1-27-22-14-17(15-23(28-2)24(22)29-3)30-16-10-12-25(13-11-16)20-8-4-7-19-18(20)6-5-9-21(19)26/h4-9,14-16,26H,10-13H2,1-3H3. The number of phenolic OH excluding ortho intramolecular Hbond substituents is 1. The number of hydrogen-bond donors (Lipinski definition) is 1. The highest BCUT2D eigenvalue weighted by atomic mass is 16.5. The van der Waals surface area contributed by atoms with E-state index in [0.29, 0.717) is 28.7 Å². The number of benzene rings is 3. The molecule has 4 rings (SSSR count). The van der Waals surface area contributed by atoms with Crippen molar-refractivity contribution in [2.24, 2.45) is 0 Å². The number of methoxy groups -OCH3 is 3. The Morgan fingerprint density at radius 1 is 0.833 bits per heavy atom. The average Bonchev–Trinajstić information content (AvgIpc) is 2.79. The Morgan fingerprint density at radius 3 is 2.10 bits per heavy atom. The van der Waals surface area contributed by atoms with Gasteiger partial charge in [-0.25, -0.2) is 0 Å². The van der Waals surface area contributed by atoms with Crippen LogP contribution >= 0.6 is 0 Å². The van der Waals surface area contributed by atoms with Gasteiger partial charge in [0.1, 0.15) is 17.6 Å². The minimum atomic E-state index is 0.104. The Kier molecular flexibility index (Phi) is 5.74. The molecule has 6 nitrogen and oxygen atoms in total. The van der Waals surface area contributed by atoms with Crippen LogP contribution in [0.25, 0.3) is 10.8 Å². The molecule has 0 spiro atoms. The Balaban J connectivity index is 1.48. The fourth-order valence-corrected chi connectivity index (χ4v) is 4.08. The Labute approximate surface area is 176 Å². The Bertz CT molecular complexity index is 1000. The van der Waals surface area contributed by atoms with E-state index >= 15 is 0 Å². The van der Waals surface area contributed by atoms with Crippen LogP contribution in [0.4, 0.5) is 5.69 Å². The molecular weight excluding hydrogens is 382 g/mol. The molecule has 0 bridgehead atoms. The van der Waals surface area contributed by atoms with Crippen LogP contribution in [0.15, 0.2) is 48.5 Å². The first-order valence-corrected chi connectivity index (χ1v) is 10.1. The molecule has 3 aromatic rings. The van der Waals surface area contributed by atoms with Gasteiger partial charge in [0.25, 0.3) is 0 Å². The number of anilines is 1. The van der Waals surface area contributed by atoms with Crippen molar-refractivity contribution < 1.29 is 24.1 Å². The van der Waals surface area contributed by atoms with Gasteiger partial charge in [0, 0.05) is 54.5 Å². The van der Waals surface area contributed by atoms with Crippen LogP contribution < -0.4 is 23.8 Å². The summed E-state index contributed by atoms with van der Waals surface area (Å²) < 4.78 is 22.5. The number of rotatable bonds is 6. The molecule has 0 amide bonds. The van der Waals surface area contributed by atoms with Crippen molar-refractivity contribution in [3.05, 3.63) is 48.5 Å². The molecule has 158 valence electrons. The first kappa shape index (κ1) is 20.0. The monoisotopic (exact) mass is 409 g/mol. The number of aromatic hydroxyl groups is 1. The van der Waals surface area contributed by atoms with Crippen LogP contribution in [-0.2, 0) is 0 Å². The minimum absolute atomic E-state index is 0.104. The maximum absolute atomic E-state index is 10.2. The molecule has 30 heavy (non-hydrogen) atoms. The molecule has 0 radical (unpaired) electrons. The molecule has 1 saturated heterocycles. The summed E-state index contributed by atoms with van der Waals surface area (Å²) in [5, 5.41) is 12.1. The molecule has 0 aromatic heterocycles. The zero-order valence-corrected chi connectivity index (χ0v) is 17.6. The summed E-state index contributed by atoms with van der Waals surface area (Å²) in [6, 6.07) is 15.4. The quantitative estimate of drug-likeness (QED) is 0.641. The Morgan fingerprint density at radius 2 is 1.47 bits per heavy atom. The van der Waals surface area contributed by atoms with Gasteiger partial charge in [0.05, 0.1) is 21.3 Å². The summed E-state index contributed by atoms with van der Waals surface area (Å²) in [4.78, 5) is 2.36. The normalized spacial score (nSPS) is 14.6. The van der Waals surface area contributed by atoms with Crippen molar-refractivity contribution >= 4 is 16.5 Å². The topological polar surface area (TPSA) is 60.4 Å². The SMILES string of the molecule is COc1cc(OC2CCN(c3cccc4c(O)cccc34)CC2)cc(OC)c1OC. The van der Waals surface area contributed by atoms with Gasteiger partial charge in [-0.05, 0) is 12.1 Å². The largest absolute Gasteiger partial charge is 0.507 e. The van der Waals surface area contributed by atoms with Gasteiger partial charge < -0.3 is 29.0 Å². The maximum atomic E-state index is 10.2. The number of ether oxygens (including phenoxy) is 4. The lowest BCUT2D eigenvalue weighted by atomic mass is 10.0. The number of phenols is 1. The van der Waals surface area contributed by atoms with Gasteiger partial charge in [-0.1, -0.05) is 24.3 Å². The molecule has 1 heterocycles. The molecule has 1 fully saturated rings. The maximum Gasteiger partial charge on any atom is 0.203 e. The zero-order valence-electron chi connectivity index (χ0n) is 17.6. The molecule has 0 unspecified atom stereocenters. The molecule has 1 aliphatic rings. The van der Waals surface area contributed by atoms with Gasteiger partial charge in [-0.2, -0.15) is 0 Å². The van der Waals surface area contributed by atoms with Crippen molar-refractivity contribution in [1.29, 1.82) is 0 Å². The summed E-state index contributed by atoms with van der Waals surface area (Å²) in [6.07, 6.45) is 1.89. The molecule has 0 saturated carbocycles. The van der Waals surface area contributed by atoms with Crippen LogP contribution in [0.1, 0.15) is 12.8 Å². The molecule has 6 heteroatoms. The van der Waals surface area contributed by atoms with E-state index in [1.165, 1.54) is 0 Å². The lowest BCUT2D eigenvalue weighted by Gasteiger charge is -2.34. The molecule has 1 aliphatic heterocycles. The third kappa shape index (κ3) is 3.77. The van der Waals surface area contributed by atoms with Crippen molar-refractivity contribution in [2.75, 3.05) is 39.3 Å². The zero-order chi connectivity index (χ0) is 21.1. The summed E-state index contributed by atoms with van der Waals surface area (Å²) in [7, 11) is 4.78. The summed E-state index contributed by atoms with van der Waals surface area (Å²) in [6.45, 7) is 1.76. The lowest BCUT2D eigenvalue weighted by Crippen LogP contribution is -2.38. The predicted octanol–water partition coefficient (Wildman–Crippen LogP) is 4.62. The van der Waals surface area contributed by atoms with Crippen LogP contribution in [0.3, 0.4) is 0 Å². The molecule has 3 aromatic carbocycles. The van der Waals surface area contributed by atoms with Crippen LogP contribution in [0.5, 0.6) is 28.7 Å². The van der Waals surface area contributed by atoms with E-state index in [9.17, 15) is 5.11 Å². The first-order chi connectivity index (χ1) is 14.6. The van der Waals surface area contributed by atoms with E-state index in [4.69, 9.17) is 18.9 Å². The molecule has 0 aliphatic carbocycles. The highest BCUT2D eigenvalue weighted by Gasteiger charge is 2.23. The highest BCUT2D eigenvalue weighted by molar-refractivity contribution is 5.97. The fourth-order valence-electron chi connectivity index (χ4n) is 4.08. The molecular formula is C24H27NO5. The second kappa shape index (κ2) is 8.61. The number of hydrogen-bond acceptors (Lipinski definition) is 6. The van der Waals surface area contributed by atoms with Crippen molar-refractivity contribution in [3.8, 4) is 28.7 Å². The van der Waals surface area contributed by atoms with Gasteiger partial charge in [0.2, 0.25) is 5.75 Å². The third-order valence-corrected chi connectivity index (χ3v) is 5.60. The van der Waals surface area contributed by atoms with Gasteiger partial charge in [-0.3, -0.25) is 0 Å². The van der Waals surface area contributed by atoms with Crippen molar-refractivity contribution in [1.82, 2.24) is 0 Å². The Hall–Kier alpha value is -3.28. The molecule has 0 atom stereocenters.